The van der Waals surface area contributed by atoms with Gasteiger partial charge in [0.1, 0.15) is 6.10 Å². The number of Topliss-reactive ketones (excluding diaryl/α,β-unsaturated/α-hetero) is 1. The third-order valence-corrected chi connectivity index (χ3v) is 4.18. The van der Waals surface area contributed by atoms with Crippen LogP contribution < -0.4 is 0 Å². The van der Waals surface area contributed by atoms with Crippen LogP contribution in [0.15, 0.2) is 54.6 Å². The van der Waals surface area contributed by atoms with E-state index in [1.165, 1.54) is 16.2 Å². The Morgan fingerprint density at radius 3 is 2.57 bits per heavy atom. The molecular weight excluding hydrogens is 260 g/mol. The topological polar surface area (TPSA) is 26.3 Å². The van der Waals surface area contributed by atoms with Gasteiger partial charge in [-0.2, -0.15) is 0 Å². The normalized spacial score (nSPS) is 17.4. The molecule has 0 aromatic heterocycles. The summed E-state index contributed by atoms with van der Waals surface area (Å²) in [7, 11) is 1.56. The number of hydrogen-bond acceptors (Lipinski definition) is 2. The molecule has 2 heteroatoms. The van der Waals surface area contributed by atoms with E-state index >= 15 is 0 Å². The summed E-state index contributed by atoms with van der Waals surface area (Å²) < 4.78 is 5.21. The molecule has 0 fully saturated rings. The highest BCUT2D eigenvalue weighted by Crippen LogP contribution is 2.32. The zero-order valence-electron chi connectivity index (χ0n) is 11.7. The maximum atomic E-state index is 12.4. The van der Waals surface area contributed by atoms with Crippen molar-refractivity contribution >= 4 is 33.4 Å². The van der Waals surface area contributed by atoms with Crippen molar-refractivity contribution in [3.05, 3.63) is 65.7 Å². The van der Waals surface area contributed by atoms with E-state index in [2.05, 4.69) is 24.3 Å². The van der Waals surface area contributed by atoms with Gasteiger partial charge in [-0.3, -0.25) is 4.79 Å². The van der Waals surface area contributed by atoms with Crippen LogP contribution in [-0.2, 0) is 4.74 Å². The molecule has 0 saturated heterocycles. The Labute approximate surface area is 122 Å². The Morgan fingerprint density at radius 1 is 0.905 bits per heavy atom. The second-order valence-corrected chi connectivity index (χ2v) is 5.29. The number of ether oxygens (including phenoxy) is 1. The van der Waals surface area contributed by atoms with E-state index in [4.69, 9.17) is 4.74 Å². The number of rotatable bonds is 1. The monoisotopic (exact) mass is 274 g/mol. The summed E-state index contributed by atoms with van der Waals surface area (Å²) in [6.07, 6.45) is 3.37. The quantitative estimate of drug-likeness (QED) is 0.621. The Morgan fingerprint density at radius 2 is 1.71 bits per heavy atom. The Bertz CT molecular complexity index is 906. The molecule has 102 valence electrons. The standard InChI is InChI=1S/C19H14O2/c1-21-18-11-10-16-15-7-6-12-4-2-3-5-13(12)14(15)8-9-17(16)19(18)20/h2-11,18H,1H3. The van der Waals surface area contributed by atoms with Crippen molar-refractivity contribution in [1.82, 2.24) is 0 Å². The molecule has 1 atom stereocenters. The van der Waals surface area contributed by atoms with Crippen molar-refractivity contribution in [3.8, 4) is 0 Å². The van der Waals surface area contributed by atoms with Crippen LogP contribution in [-0.4, -0.2) is 19.0 Å². The average Bonchev–Trinajstić information content (AvgIpc) is 2.54. The minimum atomic E-state index is -0.463. The molecule has 1 aliphatic rings. The first kappa shape index (κ1) is 12.3. The molecule has 0 saturated carbocycles. The van der Waals surface area contributed by atoms with E-state index in [9.17, 15) is 4.79 Å². The summed E-state index contributed by atoms with van der Waals surface area (Å²) in [5, 5.41) is 4.73. The van der Waals surface area contributed by atoms with Gasteiger partial charge in [-0.05, 0) is 33.2 Å². The molecule has 0 radical (unpaired) electrons. The Hall–Kier alpha value is -2.45. The Kier molecular flexibility index (Phi) is 2.66. The van der Waals surface area contributed by atoms with E-state index in [0.29, 0.717) is 0 Å². The fourth-order valence-corrected chi connectivity index (χ4v) is 3.12. The van der Waals surface area contributed by atoms with Crippen LogP contribution in [0.1, 0.15) is 15.9 Å². The Balaban J connectivity index is 2.07. The van der Waals surface area contributed by atoms with Crippen molar-refractivity contribution in [1.29, 1.82) is 0 Å². The van der Waals surface area contributed by atoms with Gasteiger partial charge >= 0.3 is 0 Å². The number of benzene rings is 3. The van der Waals surface area contributed by atoms with E-state index in [0.717, 1.165) is 16.5 Å². The van der Waals surface area contributed by atoms with Gasteiger partial charge in [0.05, 0.1) is 0 Å². The predicted molar refractivity (Wildman–Crippen MR) is 85.6 cm³/mol. The minimum absolute atomic E-state index is 0.0325. The molecule has 1 aliphatic carbocycles. The van der Waals surface area contributed by atoms with Gasteiger partial charge in [-0.25, -0.2) is 0 Å². The molecule has 1 unspecified atom stereocenters. The van der Waals surface area contributed by atoms with Crippen molar-refractivity contribution in [2.75, 3.05) is 7.11 Å². The molecule has 2 nitrogen and oxygen atoms in total. The molecule has 0 heterocycles. The van der Waals surface area contributed by atoms with E-state index in [1.54, 1.807) is 7.11 Å². The van der Waals surface area contributed by atoms with Crippen LogP contribution >= 0.6 is 0 Å². The number of carbonyl (C=O) groups is 1. The van der Waals surface area contributed by atoms with Crippen LogP contribution in [0.4, 0.5) is 0 Å². The summed E-state index contributed by atoms with van der Waals surface area (Å²) in [5.74, 6) is 0.0325. The lowest BCUT2D eigenvalue weighted by Crippen LogP contribution is -2.24. The first-order valence-corrected chi connectivity index (χ1v) is 6.99. The lowest BCUT2D eigenvalue weighted by atomic mass is 9.88. The minimum Gasteiger partial charge on any atom is -0.369 e. The van der Waals surface area contributed by atoms with Gasteiger partial charge in [-0.1, -0.05) is 54.6 Å². The number of ketones is 1. The molecule has 3 aromatic rings. The van der Waals surface area contributed by atoms with Crippen molar-refractivity contribution in [3.63, 3.8) is 0 Å². The fraction of sp³-hybridized carbons (Fsp3) is 0.105. The molecule has 4 rings (SSSR count). The maximum Gasteiger partial charge on any atom is 0.196 e. The highest BCUT2D eigenvalue weighted by atomic mass is 16.5. The lowest BCUT2D eigenvalue weighted by Gasteiger charge is -2.19. The van der Waals surface area contributed by atoms with Crippen LogP contribution in [0.5, 0.6) is 0 Å². The first-order chi connectivity index (χ1) is 10.3. The van der Waals surface area contributed by atoms with Crippen molar-refractivity contribution in [2.24, 2.45) is 0 Å². The molecule has 0 bridgehead atoms. The molecular formula is C19H14O2. The van der Waals surface area contributed by atoms with Gasteiger partial charge in [0.15, 0.2) is 5.78 Å². The van der Waals surface area contributed by atoms with E-state index in [1.807, 2.05) is 36.4 Å². The van der Waals surface area contributed by atoms with Crippen LogP contribution in [0.25, 0.3) is 27.6 Å². The van der Waals surface area contributed by atoms with Crippen molar-refractivity contribution < 1.29 is 9.53 Å². The van der Waals surface area contributed by atoms with E-state index < -0.39 is 6.10 Å². The van der Waals surface area contributed by atoms with Gasteiger partial charge < -0.3 is 4.74 Å². The fourth-order valence-electron chi connectivity index (χ4n) is 3.12. The largest absolute Gasteiger partial charge is 0.369 e. The third-order valence-electron chi connectivity index (χ3n) is 4.18. The molecule has 21 heavy (non-hydrogen) atoms. The summed E-state index contributed by atoms with van der Waals surface area (Å²) in [6, 6.07) is 16.5. The van der Waals surface area contributed by atoms with Crippen LogP contribution in [0, 0.1) is 0 Å². The summed E-state index contributed by atoms with van der Waals surface area (Å²) in [4.78, 5) is 12.4. The molecule has 3 aromatic carbocycles. The summed E-state index contributed by atoms with van der Waals surface area (Å²) >= 11 is 0. The molecule has 0 N–H and O–H groups in total. The van der Waals surface area contributed by atoms with Crippen molar-refractivity contribution in [2.45, 2.75) is 6.10 Å². The number of hydrogen-bond donors (Lipinski definition) is 0. The number of carbonyl (C=O) groups excluding carboxylic acids is 1. The van der Waals surface area contributed by atoms with E-state index in [-0.39, 0.29) is 5.78 Å². The summed E-state index contributed by atoms with van der Waals surface area (Å²) in [5.41, 5.74) is 1.74. The van der Waals surface area contributed by atoms with Gasteiger partial charge in [0, 0.05) is 12.7 Å². The number of fused-ring (bicyclic) bond motifs is 5. The molecule has 0 amide bonds. The third kappa shape index (κ3) is 1.73. The van der Waals surface area contributed by atoms with Gasteiger partial charge in [0.2, 0.25) is 0 Å². The predicted octanol–water partition coefficient (Wildman–Crippen LogP) is 4.22. The van der Waals surface area contributed by atoms with Crippen LogP contribution in [0.2, 0.25) is 0 Å². The first-order valence-electron chi connectivity index (χ1n) is 6.99. The van der Waals surface area contributed by atoms with Crippen LogP contribution in [0.3, 0.4) is 0 Å². The maximum absolute atomic E-state index is 12.4. The zero-order chi connectivity index (χ0) is 14.4. The smallest absolute Gasteiger partial charge is 0.196 e. The highest BCUT2D eigenvalue weighted by Gasteiger charge is 2.24. The summed E-state index contributed by atoms with van der Waals surface area (Å²) in [6.45, 7) is 0. The van der Waals surface area contributed by atoms with Gasteiger partial charge in [-0.15, -0.1) is 0 Å². The zero-order valence-corrected chi connectivity index (χ0v) is 11.7. The SMILES string of the molecule is COC1C=Cc2c(ccc3c2ccc2ccccc23)C1=O. The second kappa shape index (κ2) is 4.54. The average molecular weight is 274 g/mol. The number of methoxy groups -OCH3 is 1. The molecule has 0 spiro atoms. The van der Waals surface area contributed by atoms with Gasteiger partial charge in [0.25, 0.3) is 0 Å². The molecule has 0 aliphatic heterocycles. The highest BCUT2D eigenvalue weighted by molar-refractivity contribution is 6.16. The second-order valence-electron chi connectivity index (χ2n) is 5.29. The lowest BCUT2D eigenvalue weighted by molar-refractivity contribution is 0.0717.